The van der Waals surface area contributed by atoms with E-state index in [1.807, 2.05) is 44.2 Å². The Balaban J connectivity index is 1.65. The van der Waals surface area contributed by atoms with Crippen molar-refractivity contribution in [3.63, 3.8) is 0 Å². The number of rotatable bonds is 6. The van der Waals surface area contributed by atoms with E-state index in [-0.39, 0.29) is 18.2 Å². The van der Waals surface area contributed by atoms with Crippen molar-refractivity contribution in [1.29, 1.82) is 0 Å². The van der Waals surface area contributed by atoms with E-state index in [1.165, 1.54) is 0 Å². The van der Waals surface area contributed by atoms with Crippen LogP contribution in [0.4, 0.5) is 5.69 Å². The highest BCUT2D eigenvalue weighted by molar-refractivity contribution is 5.96. The van der Waals surface area contributed by atoms with Crippen molar-refractivity contribution in [1.82, 2.24) is 9.38 Å². The molecule has 0 fully saturated rings. The Kier molecular flexibility index (Phi) is 5.31. The second kappa shape index (κ2) is 7.82. The molecule has 3 aromatic rings. The molecule has 0 saturated heterocycles. The average molecular weight is 351 g/mol. The number of carbonyl (C=O) groups excluding carboxylic acids is 2. The minimum absolute atomic E-state index is 0.173. The van der Waals surface area contributed by atoms with Crippen molar-refractivity contribution >= 4 is 23.2 Å². The van der Waals surface area contributed by atoms with Gasteiger partial charge in [-0.1, -0.05) is 38.1 Å². The summed E-state index contributed by atoms with van der Waals surface area (Å²) < 4.78 is 6.84. The van der Waals surface area contributed by atoms with Gasteiger partial charge in [-0.3, -0.25) is 4.79 Å². The standard InChI is InChI=1S/C20H21N3O3/c1-3-14-8-7-9-15(4-2)19(14)22-18(24)13-26-20(25)16-12-23-11-6-5-10-17(23)21-16/h5-12H,3-4,13H2,1-2H3,(H,22,24). The quantitative estimate of drug-likeness (QED) is 0.692. The van der Waals surface area contributed by atoms with Gasteiger partial charge in [-0.15, -0.1) is 0 Å². The molecule has 0 unspecified atom stereocenters. The molecule has 0 radical (unpaired) electrons. The first-order chi connectivity index (χ1) is 12.6. The Morgan fingerprint density at radius 3 is 2.46 bits per heavy atom. The van der Waals surface area contributed by atoms with Gasteiger partial charge in [0, 0.05) is 18.1 Å². The first-order valence-corrected chi connectivity index (χ1v) is 8.63. The zero-order valence-electron chi connectivity index (χ0n) is 14.9. The van der Waals surface area contributed by atoms with Crippen molar-refractivity contribution in [3.8, 4) is 0 Å². The van der Waals surface area contributed by atoms with Crippen LogP contribution in [0.2, 0.25) is 0 Å². The van der Waals surface area contributed by atoms with Crippen LogP contribution in [0.3, 0.4) is 0 Å². The second-order valence-corrected chi connectivity index (χ2v) is 5.87. The third kappa shape index (κ3) is 3.74. The summed E-state index contributed by atoms with van der Waals surface area (Å²) in [6.45, 7) is 3.72. The van der Waals surface area contributed by atoms with Gasteiger partial charge < -0.3 is 14.5 Å². The van der Waals surface area contributed by atoms with E-state index in [1.54, 1.807) is 22.9 Å². The molecule has 2 aromatic heterocycles. The van der Waals surface area contributed by atoms with Crippen LogP contribution in [0.5, 0.6) is 0 Å². The van der Waals surface area contributed by atoms with Gasteiger partial charge in [-0.2, -0.15) is 0 Å². The van der Waals surface area contributed by atoms with Gasteiger partial charge in [0.2, 0.25) is 0 Å². The zero-order valence-corrected chi connectivity index (χ0v) is 14.9. The number of fused-ring (bicyclic) bond motifs is 1. The third-order valence-corrected chi connectivity index (χ3v) is 4.17. The number of benzene rings is 1. The van der Waals surface area contributed by atoms with Crippen molar-refractivity contribution in [2.45, 2.75) is 26.7 Å². The Bertz CT molecular complexity index is 891. The van der Waals surface area contributed by atoms with Crippen LogP contribution in [0.25, 0.3) is 5.65 Å². The van der Waals surface area contributed by atoms with Gasteiger partial charge in [0.15, 0.2) is 12.3 Å². The SMILES string of the molecule is CCc1cccc(CC)c1NC(=O)COC(=O)c1cn2ccccc2n1. The van der Waals surface area contributed by atoms with E-state index < -0.39 is 5.97 Å². The summed E-state index contributed by atoms with van der Waals surface area (Å²) in [5.41, 5.74) is 3.75. The summed E-state index contributed by atoms with van der Waals surface area (Å²) in [7, 11) is 0. The van der Waals surface area contributed by atoms with Crippen LogP contribution in [0.1, 0.15) is 35.5 Å². The average Bonchev–Trinajstić information content (AvgIpc) is 3.10. The molecule has 1 aromatic carbocycles. The number of aromatic nitrogens is 2. The number of amides is 1. The fraction of sp³-hybridized carbons (Fsp3) is 0.250. The molecule has 0 saturated carbocycles. The number of aryl methyl sites for hydroxylation is 2. The van der Waals surface area contributed by atoms with E-state index in [4.69, 9.17) is 4.74 Å². The maximum Gasteiger partial charge on any atom is 0.359 e. The summed E-state index contributed by atoms with van der Waals surface area (Å²) in [6, 6.07) is 11.4. The number of para-hydroxylation sites is 1. The number of nitrogens with one attached hydrogen (secondary N) is 1. The third-order valence-electron chi connectivity index (χ3n) is 4.17. The lowest BCUT2D eigenvalue weighted by Crippen LogP contribution is -2.22. The maximum atomic E-state index is 12.2. The topological polar surface area (TPSA) is 72.7 Å². The van der Waals surface area contributed by atoms with E-state index >= 15 is 0 Å². The van der Waals surface area contributed by atoms with Gasteiger partial charge in [-0.25, -0.2) is 9.78 Å². The largest absolute Gasteiger partial charge is 0.451 e. The molecular weight excluding hydrogens is 330 g/mol. The minimum Gasteiger partial charge on any atom is -0.451 e. The number of esters is 1. The first-order valence-electron chi connectivity index (χ1n) is 8.63. The number of hydrogen-bond acceptors (Lipinski definition) is 4. The molecule has 0 aliphatic heterocycles. The molecule has 0 spiro atoms. The van der Waals surface area contributed by atoms with E-state index in [2.05, 4.69) is 10.3 Å². The molecule has 3 rings (SSSR count). The lowest BCUT2D eigenvalue weighted by Gasteiger charge is -2.14. The van der Waals surface area contributed by atoms with Gasteiger partial charge in [-0.05, 0) is 36.1 Å². The predicted molar refractivity (Wildman–Crippen MR) is 99.3 cm³/mol. The maximum absolute atomic E-state index is 12.2. The highest BCUT2D eigenvalue weighted by Gasteiger charge is 2.15. The number of carbonyl (C=O) groups is 2. The molecule has 26 heavy (non-hydrogen) atoms. The number of hydrogen-bond donors (Lipinski definition) is 1. The fourth-order valence-electron chi connectivity index (χ4n) is 2.82. The highest BCUT2D eigenvalue weighted by atomic mass is 16.5. The van der Waals surface area contributed by atoms with E-state index in [0.717, 1.165) is 29.7 Å². The molecule has 2 heterocycles. The minimum atomic E-state index is -0.622. The fourth-order valence-corrected chi connectivity index (χ4v) is 2.82. The lowest BCUT2D eigenvalue weighted by atomic mass is 10.0. The van der Waals surface area contributed by atoms with Crippen molar-refractivity contribution < 1.29 is 14.3 Å². The van der Waals surface area contributed by atoms with Crippen LogP contribution in [-0.2, 0) is 22.4 Å². The van der Waals surface area contributed by atoms with Gasteiger partial charge in [0.25, 0.3) is 5.91 Å². The molecule has 1 N–H and O–H groups in total. The Morgan fingerprint density at radius 2 is 1.81 bits per heavy atom. The van der Waals surface area contributed by atoms with Crippen LogP contribution in [-0.4, -0.2) is 27.9 Å². The zero-order chi connectivity index (χ0) is 18.5. The smallest absolute Gasteiger partial charge is 0.359 e. The van der Waals surface area contributed by atoms with Crippen LogP contribution < -0.4 is 5.32 Å². The second-order valence-electron chi connectivity index (χ2n) is 5.87. The number of imidazole rings is 1. The van der Waals surface area contributed by atoms with Crippen molar-refractivity contribution in [2.75, 3.05) is 11.9 Å². The predicted octanol–water partition coefficient (Wildman–Crippen LogP) is 3.25. The molecule has 6 heteroatoms. The van der Waals surface area contributed by atoms with Crippen LogP contribution >= 0.6 is 0 Å². The summed E-state index contributed by atoms with van der Waals surface area (Å²) in [5, 5.41) is 2.87. The number of ether oxygens (including phenoxy) is 1. The molecule has 0 aliphatic rings. The van der Waals surface area contributed by atoms with Crippen molar-refractivity contribution in [3.05, 3.63) is 65.6 Å². The summed E-state index contributed by atoms with van der Waals surface area (Å²) >= 11 is 0. The monoisotopic (exact) mass is 351 g/mol. The first kappa shape index (κ1) is 17.7. The van der Waals surface area contributed by atoms with Crippen molar-refractivity contribution in [2.24, 2.45) is 0 Å². The molecule has 0 aliphatic carbocycles. The van der Waals surface area contributed by atoms with Gasteiger partial charge in [0.05, 0.1) is 0 Å². The number of pyridine rings is 1. The molecule has 0 atom stereocenters. The number of nitrogens with zero attached hydrogens (tertiary/aromatic N) is 2. The Morgan fingerprint density at radius 1 is 1.08 bits per heavy atom. The normalized spacial score (nSPS) is 10.7. The van der Waals surface area contributed by atoms with E-state index in [9.17, 15) is 9.59 Å². The van der Waals surface area contributed by atoms with E-state index in [0.29, 0.717) is 5.65 Å². The molecular formula is C20H21N3O3. The summed E-state index contributed by atoms with van der Waals surface area (Å²) in [6.07, 6.45) is 4.99. The van der Waals surface area contributed by atoms with Crippen LogP contribution in [0.15, 0.2) is 48.8 Å². The molecule has 134 valence electrons. The summed E-state index contributed by atoms with van der Waals surface area (Å²) in [5.74, 6) is -0.985. The molecule has 0 bridgehead atoms. The Labute approximate surface area is 151 Å². The number of anilines is 1. The molecule has 1 amide bonds. The lowest BCUT2D eigenvalue weighted by molar-refractivity contribution is -0.119. The Hall–Kier alpha value is -3.15. The van der Waals surface area contributed by atoms with Gasteiger partial charge >= 0.3 is 5.97 Å². The summed E-state index contributed by atoms with van der Waals surface area (Å²) in [4.78, 5) is 28.6. The highest BCUT2D eigenvalue weighted by Crippen LogP contribution is 2.22. The molecule has 6 nitrogen and oxygen atoms in total. The van der Waals surface area contributed by atoms with Crippen LogP contribution in [0, 0.1) is 0 Å². The van der Waals surface area contributed by atoms with Gasteiger partial charge in [0.1, 0.15) is 5.65 Å².